The van der Waals surface area contributed by atoms with Crippen molar-refractivity contribution in [1.29, 1.82) is 0 Å². The summed E-state index contributed by atoms with van der Waals surface area (Å²) in [5.41, 5.74) is 2.62. The molecule has 1 saturated heterocycles. The topological polar surface area (TPSA) is 102 Å². The van der Waals surface area contributed by atoms with E-state index in [0.29, 0.717) is 17.3 Å². The fraction of sp³-hybridized carbons (Fsp3) is 0.481. The van der Waals surface area contributed by atoms with Gasteiger partial charge < -0.3 is 14.6 Å². The first-order valence-electron chi connectivity index (χ1n) is 12.5. The van der Waals surface area contributed by atoms with Crippen molar-refractivity contribution < 1.29 is 17.9 Å². The molecule has 0 radical (unpaired) electrons. The first kappa shape index (κ1) is 26.2. The lowest BCUT2D eigenvalue weighted by Gasteiger charge is -2.26. The molecular formula is C27H36N4O4S. The van der Waals surface area contributed by atoms with Crippen molar-refractivity contribution in [1.82, 2.24) is 9.55 Å². The van der Waals surface area contributed by atoms with Crippen LogP contribution >= 0.6 is 0 Å². The maximum absolute atomic E-state index is 13.0. The number of anilines is 2. The third kappa shape index (κ3) is 5.90. The Morgan fingerprint density at radius 3 is 2.33 bits per heavy atom. The number of fused-ring (bicyclic) bond motifs is 1. The summed E-state index contributed by atoms with van der Waals surface area (Å²) in [4.78, 5) is 16.9. The summed E-state index contributed by atoms with van der Waals surface area (Å²) >= 11 is 0. The lowest BCUT2D eigenvalue weighted by atomic mass is 9.94. The number of nitrogens with zero attached hydrogens (tertiary/aromatic N) is 2. The number of carbonyl (C=O) groups is 1. The highest BCUT2D eigenvalue weighted by atomic mass is 32.2. The SMILES string of the molecule is CC(C)C(=O)Nc1ccc(S(=O)(=O)Nc2ccc3c(c2)nc(C(C)(C)C)n3CC2CCOCC2)cc1. The molecule has 36 heavy (non-hydrogen) atoms. The molecule has 2 aromatic carbocycles. The van der Waals surface area contributed by atoms with Crippen LogP contribution < -0.4 is 10.0 Å². The number of sulfonamides is 1. The maximum atomic E-state index is 13.0. The van der Waals surface area contributed by atoms with Gasteiger partial charge in [-0.15, -0.1) is 0 Å². The minimum atomic E-state index is -3.81. The van der Waals surface area contributed by atoms with E-state index in [1.807, 2.05) is 6.07 Å². The number of rotatable bonds is 7. The highest BCUT2D eigenvalue weighted by Crippen LogP contribution is 2.31. The molecule has 1 amide bonds. The average Bonchev–Trinajstić information content (AvgIpc) is 3.18. The second kappa shape index (κ2) is 10.2. The van der Waals surface area contributed by atoms with Gasteiger partial charge in [0.2, 0.25) is 5.91 Å². The van der Waals surface area contributed by atoms with Crippen LogP contribution in [0, 0.1) is 11.8 Å². The molecule has 194 valence electrons. The van der Waals surface area contributed by atoms with Crippen LogP contribution in [0.1, 0.15) is 53.3 Å². The summed E-state index contributed by atoms with van der Waals surface area (Å²) in [7, 11) is -3.81. The Labute approximate surface area is 213 Å². The molecule has 4 rings (SSSR count). The van der Waals surface area contributed by atoms with Crippen LogP contribution in [0.2, 0.25) is 0 Å². The van der Waals surface area contributed by atoms with E-state index in [-0.39, 0.29) is 22.1 Å². The van der Waals surface area contributed by atoms with Gasteiger partial charge in [-0.3, -0.25) is 9.52 Å². The second-order valence-corrected chi connectivity index (χ2v) is 12.5. The lowest BCUT2D eigenvalue weighted by molar-refractivity contribution is -0.118. The second-order valence-electron chi connectivity index (χ2n) is 10.8. The zero-order valence-electron chi connectivity index (χ0n) is 21.7. The number of hydrogen-bond donors (Lipinski definition) is 2. The summed E-state index contributed by atoms with van der Waals surface area (Å²) < 4.78 is 36.6. The van der Waals surface area contributed by atoms with Crippen LogP contribution in [0.15, 0.2) is 47.4 Å². The molecule has 1 aliphatic heterocycles. The summed E-state index contributed by atoms with van der Waals surface area (Å²) in [6.45, 7) is 12.5. The molecule has 9 heteroatoms. The number of amides is 1. The van der Waals surface area contributed by atoms with E-state index in [2.05, 4.69) is 35.4 Å². The number of imidazole rings is 1. The number of carbonyl (C=O) groups excluding carboxylic acids is 1. The molecule has 0 unspecified atom stereocenters. The zero-order valence-corrected chi connectivity index (χ0v) is 22.5. The first-order valence-corrected chi connectivity index (χ1v) is 13.9. The third-order valence-corrected chi connectivity index (χ3v) is 7.81. The molecule has 0 aliphatic carbocycles. The molecule has 1 aliphatic rings. The van der Waals surface area contributed by atoms with Gasteiger partial charge in [0.05, 0.1) is 21.6 Å². The van der Waals surface area contributed by atoms with E-state index < -0.39 is 10.0 Å². The number of nitrogens with one attached hydrogen (secondary N) is 2. The van der Waals surface area contributed by atoms with Gasteiger partial charge in [-0.25, -0.2) is 13.4 Å². The van der Waals surface area contributed by atoms with Gasteiger partial charge in [-0.1, -0.05) is 34.6 Å². The maximum Gasteiger partial charge on any atom is 0.261 e. The van der Waals surface area contributed by atoms with Crippen LogP contribution in [0.3, 0.4) is 0 Å². The molecule has 0 spiro atoms. The van der Waals surface area contributed by atoms with E-state index in [1.165, 1.54) is 12.1 Å². The Kier molecular flexibility index (Phi) is 7.43. The van der Waals surface area contributed by atoms with Crippen LogP contribution in [0.5, 0.6) is 0 Å². The summed E-state index contributed by atoms with van der Waals surface area (Å²) in [5, 5.41) is 2.77. The van der Waals surface area contributed by atoms with Crippen molar-refractivity contribution in [2.75, 3.05) is 23.3 Å². The molecule has 3 aromatic rings. The number of ether oxygens (including phenoxy) is 1. The van der Waals surface area contributed by atoms with Crippen molar-refractivity contribution in [2.45, 2.75) is 64.3 Å². The highest BCUT2D eigenvalue weighted by Gasteiger charge is 2.26. The molecule has 2 heterocycles. The Hall–Kier alpha value is -2.91. The first-order chi connectivity index (χ1) is 16.9. The van der Waals surface area contributed by atoms with Gasteiger partial charge in [-0.05, 0) is 61.2 Å². The van der Waals surface area contributed by atoms with Gasteiger partial charge in [0.1, 0.15) is 5.82 Å². The predicted octanol–water partition coefficient (Wildman–Crippen LogP) is 5.16. The molecule has 1 fully saturated rings. The number of benzene rings is 2. The molecule has 1 aromatic heterocycles. The van der Waals surface area contributed by atoms with Crippen LogP contribution in [0.25, 0.3) is 11.0 Å². The molecule has 0 saturated carbocycles. The minimum Gasteiger partial charge on any atom is -0.381 e. The average molecular weight is 513 g/mol. The van der Waals surface area contributed by atoms with Crippen LogP contribution in [-0.2, 0) is 31.5 Å². The zero-order chi connectivity index (χ0) is 26.1. The molecule has 0 bridgehead atoms. The van der Waals surface area contributed by atoms with Crippen LogP contribution in [-0.4, -0.2) is 37.1 Å². The number of hydrogen-bond acceptors (Lipinski definition) is 5. The van der Waals surface area contributed by atoms with E-state index in [4.69, 9.17) is 9.72 Å². The van der Waals surface area contributed by atoms with Gasteiger partial charge in [0.15, 0.2) is 0 Å². The quantitative estimate of drug-likeness (QED) is 0.455. The Morgan fingerprint density at radius 1 is 1.08 bits per heavy atom. The summed E-state index contributed by atoms with van der Waals surface area (Å²) in [5.74, 6) is 1.23. The van der Waals surface area contributed by atoms with Gasteiger partial charge >= 0.3 is 0 Å². The van der Waals surface area contributed by atoms with E-state index in [0.717, 1.165) is 49.5 Å². The van der Waals surface area contributed by atoms with Crippen molar-refractivity contribution in [2.24, 2.45) is 11.8 Å². The monoisotopic (exact) mass is 512 g/mol. The van der Waals surface area contributed by atoms with E-state index in [1.54, 1.807) is 38.1 Å². The van der Waals surface area contributed by atoms with Crippen molar-refractivity contribution in [3.63, 3.8) is 0 Å². The van der Waals surface area contributed by atoms with E-state index in [9.17, 15) is 13.2 Å². The van der Waals surface area contributed by atoms with Crippen molar-refractivity contribution in [3.8, 4) is 0 Å². The Morgan fingerprint density at radius 2 is 1.72 bits per heavy atom. The predicted molar refractivity (Wildman–Crippen MR) is 143 cm³/mol. The van der Waals surface area contributed by atoms with Crippen molar-refractivity contribution in [3.05, 3.63) is 48.3 Å². The molecular weight excluding hydrogens is 476 g/mol. The minimum absolute atomic E-state index is 0.116. The smallest absolute Gasteiger partial charge is 0.261 e. The molecule has 8 nitrogen and oxygen atoms in total. The van der Waals surface area contributed by atoms with E-state index >= 15 is 0 Å². The largest absolute Gasteiger partial charge is 0.381 e. The standard InChI is InChI=1S/C27H36N4O4S/c1-18(2)25(32)28-20-6-9-22(10-7-20)36(33,34)30-21-8-11-24-23(16-21)29-26(27(3,4)5)31(24)17-19-12-14-35-15-13-19/h6-11,16,18-19,30H,12-15,17H2,1-5H3,(H,28,32). The molecule has 0 atom stereocenters. The Bertz CT molecular complexity index is 1330. The fourth-order valence-corrected chi connectivity index (χ4v) is 5.41. The van der Waals surface area contributed by atoms with Gasteiger partial charge in [0, 0.05) is 36.8 Å². The lowest BCUT2D eigenvalue weighted by Crippen LogP contribution is -2.25. The highest BCUT2D eigenvalue weighted by molar-refractivity contribution is 7.92. The van der Waals surface area contributed by atoms with Crippen molar-refractivity contribution >= 4 is 38.3 Å². The summed E-state index contributed by atoms with van der Waals surface area (Å²) in [6, 6.07) is 11.7. The third-order valence-electron chi connectivity index (χ3n) is 6.41. The van der Waals surface area contributed by atoms with Gasteiger partial charge in [0.25, 0.3) is 10.0 Å². The molecule has 2 N–H and O–H groups in total. The van der Waals surface area contributed by atoms with Gasteiger partial charge in [-0.2, -0.15) is 0 Å². The summed E-state index contributed by atoms with van der Waals surface area (Å²) in [6.07, 6.45) is 2.06. The fourth-order valence-electron chi connectivity index (χ4n) is 4.36. The number of aromatic nitrogens is 2. The van der Waals surface area contributed by atoms with Crippen LogP contribution in [0.4, 0.5) is 11.4 Å². The normalized spacial score (nSPS) is 15.4. The Balaban J connectivity index is 1.58.